The summed E-state index contributed by atoms with van der Waals surface area (Å²) in [6.07, 6.45) is 6.50. The summed E-state index contributed by atoms with van der Waals surface area (Å²) in [7, 11) is -5.66. The summed E-state index contributed by atoms with van der Waals surface area (Å²) in [4.78, 5) is 0. The number of hydrogen-bond acceptors (Lipinski definition) is 4. The first-order chi connectivity index (χ1) is 12.4. The zero-order valence-corrected chi connectivity index (χ0v) is 17.2. The van der Waals surface area contributed by atoms with Crippen LogP contribution in [-0.4, -0.2) is 26.1 Å². The van der Waals surface area contributed by atoms with E-state index in [0.29, 0.717) is 6.42 Å². The second-order valence-corrected chi connectivity index (χ2v) is 9.06. The lowest BCUT2D eigenvalue weighted by atomic mass is 9.91. The van der Waals surface area contributed by atoms with E-state index in [1.807, 2.05) is 6.92 Å². The van der Waals surface area contributed by atoms with Crippen LogP contribution in [0.25, 0.3) is 0 Å². The van der Waals surface area contributed by atoms with Crippen molar-refractivity contribution in [1.29, 1.82) is 0 Å². The van der Waals surface area contributed by atoms with Gasteiger partial charge in [0, 0.05) is 5.92 Å². The lowest BCUT2D eigenvalue weighted by molar-refractivity contribution is -0.0526. The maximum Gasteiger partial charge on any atom is 0.534 e. The summed E-state index contributed by atoms with van der Waals surface area (Å²) in [6, 6.07) is 0. The molecule has 0 saturated carbocycles. The van der Waals surface area contributed by atoms with Crippen molar-refractivity contribution in [3.8, 4) is 0 Å². The van der Waals surface area contributed by atoms with Gasteiger partial charge in [0.25, 0.3) is 0 Å². The van der Waals surface area contributed by atoms with E-state index >= 15 is 0 Å². The molecule has 1 rings (SSSR count). The fourth-order valence-electron chi connectivity index (χ4n) is 3.23. The molecule has 8 heteroatoms. The molecule has 1 fully saturated rings. The van der Waals surface area contributed by atoms with E-state index in [2.05, 4.69) is 24.3 Å². The third-order valence-electron chi connectivity index (χ3n) is 4.91. The molecule has 0 radical (unpaired) electrons. The van der Waals surface area contributed by atoms with E-state index in [9.17, 15) is 21.6 Å². The molecule has 0 aromatic rings. The van der Waals surface area contributed by atoms with Crippen LogP contribution in [0, 0.1) is 11.8 Å². The van der Waals surface area contributed by atoms with E-state index in [1.165, 1.54) is 0 Å². The Morgan fingerprint density at radius 2 is 1.96 bits per heavy atom. The number of alkyl halides is 3. The highest BCUT2D eigenvalue weighted by Crippen LogP contribution is 2.33. The molecule has 0 bridgehead atoms. The molecule has 4 atom stereocenters. The fourth-order valence-corrected chi connectivity index (χ4v) is 3.77. The van der Waals surface area contributed by atoms with E-state index in [4.69, 9.17) is 4.74 Å². The van der Waals surface area contributed by atoms with Crippen LogP contribution in [0.3, 0.4) is 0 Å². The van der Waals surface area contributed by atoms with Gasteiger partial charge in [0.15, 0.2) is 0 Å². The molecule has 1 heterocycles. The number of ether oxygens (including phenoxy) is 1. The zero-order chi connectivity index (χ0) is 20.8. The fraction of sp³-hybridized carbons (Fsp3) is 0.789. The highest BCUT2D eigenvalue weighted by Gasteiger charge is 2.49. The number of halogens is 3. The molecular formula is C19H31F3O4S. The molecule has 0 aromatic carbocycles. The highest BCUT2D eigenvalue weighted by atomic mass is 32.2. The summed E-state index contributed by atoms with van der Waals surface area (Å²) in [5, 5.41) is 0. The van der Waals surface area contributed by atoms with Gasteiger partial charge in [-0.25, -0.2) is 0 Å². The van der Waals surface area contributed by atoms with Gasteiger partial charge in [0.05, 0.1) is 12.2 Å². The average Bonchev–Trinajstić information content (AvgIpc) is 2.89. The van der Waals surface area contributed by atoms with Gasteiger partial charge >= 0.3 is 15.6 Å². The molecular weight excluding hydrogens is 381 g/mol. The first-order valence-corrected chi connectivity index (χ1v) is 10.8. The molecule has 27 heavy (non-hydrogen) atoms. The molecule has 0 amide bonds. The highest BCUT2D eigenvalue weighted by molar-refractivity contribution is 7.87. The molecule has 1 saturated heterocycles. The summed E-state index contributed by atoms with van der Waals surface area (Å²) < 4.78 is 69.4. The largest absolute Gasteiger partial charge is 0.534 e. The second-order valence-electron chi connectivity index (χ2n) is 7.52. The third kappa shape index (κ3) is 7.49. The topological polar surface area (TPSA) is 52.6 Å². The Hall–Kier alpha value is -1.02. The van der Waals surface area contributed by atoms with Gasteiger partial charge in [-0.05, 0) is 43.6 Å². The molecule has 0 N–H and O–H groups in total. The van der Waals surface area contributed by atoms with Gasteiger partial charge < -0.3 is 8.92 Å². The maximum absolute atomic E-state index is 12.4. The van der Waals surface area contributed by atoms with E-state index in [1.54, 1.807) is 6.92 Å². The van der Waals surface area contributed by atoms with Crippen LogP contribution in [0.15, 0.2) is 24.5 Å². The van der Waals surface area contributed by atoms with Gasteiger partial charge in [0.2, 0.25) is 0 Å². The SMILES string of the molecule is C=C1C[C@H](CCCC)OC1CCC(C)C[C@@H](C)C(=C)OS(=O)(=O)C(F)(F)F. The maximum atomic E-state index is 12.4. The normalized spacial score (nSPS) is 23.3. The molecule has 1 aliphatic heterocycles. The molecule has 0 aliphatic carbocycles. The Morgan fingerprint density at radius 1 is 1.33 bits per heavy atom. The molecule has 158 valence electrons. The van der Waals surface area contributed by atoms with Crippen molar-refractivity contribution in [2.75, 3.05) is 0 Å². The number of allylic oxidation sites excluding steroid dienone is 1. The van der Waals surface area contributed by atoms with Gasteiger partial charge in [0.1, 0.15) is 5.76 Å². The predicted molar refractivity (Wildman–Crippen MR) is 99.3 cm³/mol. The summed E-state index contributed by atoms with van der Waals surface area (Å²) >= 11 is 0. The lowest BCUT2D eigenvalue weighted by Crippen LogP contribution is -2.26. The van der Waals surface area contributed by atoms with Gasteiger partial charge in [-0.2, -0.15) is 21.6 Å². The van der Waals surface area contributed by atoms with Crippen LogP contribution in [0.2, 0.25) is 0 Å². The van der Waals surface area contributed by atoms with Crippen molar-refractivity contribution >= 4 is 10.1 Å². The minimum absolute atomic E-state index is 0.0228. The Kier molecular flexibility index (Phi) is 8.86. The van der Waals surface area contributed by atoms with E-state index in [-0.39, 0.29) is 23.9 Å². The number of unbranched alkanes of at least 4 members (excludes halogenated alkanes) is 1. The Bertz CT molecular complexity index is 613. The van der Waals surface area contributed by atoms with Gasteiger partial charge in [-0.3, -0.25) is 0 Å². The summed E-state index contributed by atoms with van der Waals surface area (Å²) in [5.41, 5.74) is -4.35. The molecule has 4 nitrogen and oxygen atoms in total. The smallest absolute Gasteiger partial charge is 0.381 e. The van der Waals surface area contributed by atoms with Crippen molar-refractivity contribution in [3.05, 3.63) is 24.5 Å². The quantitative estimate of drug-likeness (QED) is 0.189. The Morgan fingerprint density at radius 3 is 2.52 bits per heavy atom. The average molecular weight is 413 g/mol. The van der Waals surface area contributed by atoms with E-state index < -0.39 is 21.5 Å². The van der Waals surface area contributed by atoms with Crippen molar-refractivity contribution in [2.45, 2.75) is 83.4 Å². The minimum Gasteiger partial charge on any atom is -0.381 e. The van der Waals surface area contributed by atoms with Gasteiger partial charge in [-0.15, -0.1) is 0 Å². The second kappa shape index (κ2) is 9.96. The van der Waals surface area contributed by atoms with Gasteiger partial charge in [-0.1, -0.05) is 46.8 Å². The molecule has 0 spiro atoms. The minimum atomic E-state index is -5.66. The van der Waals surface area contributed by atoms with Crippen LogP contribution in [-0.2, 0) is 19.0 Å². The third-order valence-corrected chi connectivity index (χ3v) is 5.91. The van der Waals surface area contributed by atoms with Crippen LogP contribution < -0.4 is 0 Å². The van der Waals surface area contributed by atoms with Crippen molar-refractivity contribution < 1.29 is 30.5 Å². The molecule has 2 unspecified atom stereocenters. The van der Waals surface area contributed by atoms with Crippen molar-refractivity contribution in [1.82, 2.24) is 0 Å². The standard InChI is InChI=1S/C19H31F3O4S/c1-6-7-8-17-12-15(4)18(25-17)10-9-13(2)11-14(3)16(5)26-27(23,24)19(20,21)22/h13-14,17-18H,4-12H2,1-3H3/t13?,14-,17+,18?/m1/s1. The number of rotatable bonds is 11. The summed E-state index contributed by atoms with van der Waals surface area (Å²) in [6.45, 7) is 13.2. The Balaban J connectivity index is 2.42. The Labute approximate surface area is 160 Å². The first-order valence-electron chi connectivity index (χ1n) is 9.40. The predicted octanol–water partition coefficient (Wildman–Crippen LogP) is 5.71. The van der Waals surface area contributed by atoms with E-state index in [0.717, 1.165) is 44.1 Å². The van der Waals surface area contributed by atoms with Crippen molar-refractivity contribution in [3.63, 3.8) is 0 Å². The zero-order valence-electron chi connectivity index (χ0n) is 16.3. The number of hydrogen-bond donors (Lipinski definition) is 0. The molecule has 1 aliphatic rings. The van der Waals surface area contributed by atoms with Crippen molar-refractivity contribution in [2.24, 2.45) is 11.8 Å². The van der Waals surface area contributed by atoms with Crippen LogP contribution in [0.4, 0.5) is 13.2 Å². The van der Waals surface area contributed by atoms with Crippen LogP contribution in [0.1, 0.15) is 65.7 Å². The molecule has 0 aromatic heterocycles. The summed E-state index contributed by atoms with van der Waals surface area (Å²) in [5.74, 6) is -0.748. The monoisotopic (exact) mass is 412 g/mol. The van der Waals surface area contributed by atoms with Crippen LogP contribution >= 0.6 is 0 Å². The first kappa shape index (κ1) is 24.0. The lowest BCUT2D eigenvalue weighted by Gasteiger charge is -2.21. The van der Waals surface area contributed by atoms with Crippen LogP contribution in [0.5, 0.6) is 0 Å².